The fourth-order valence-electron chi connectivity index (χ4n) is 4.44. The van der Waals surface area contributed by atoms with Gasteiger partial charge in [-0.1, -0.05) is 31.4 Å². The largest absolute Gasteiger partial charge is 0.336 e. The summed E-state index contributed by atoms with van der Waals surface area (Å²) in [5.74, 6) is 0.156. The molecule has 2 aliphatic rings. The molecular formula is C22H30N4O. The maximum atomic E-state index is 13.0. The van der Waals surface area contributed by atoms with Crippen molar-refractivity contribution in [3.8, 4) is 11.1 Å². The molecule has 0 unspecified atom stereocenters. The van der Waals surface area contributed by atoms with Crippen LogP contribution in [0.15, 0.2) is 36.7 Å². The second-order valence-corrected chi connectivity index (χ2v) is 7.79. The SMILES string of the molecule is CCn1cc(-c2cccc(C(=O)N3CCN(C4CCCCC4)CC3)c2)cn1. The van der Waals surface area contributed by atoms with Crippen molar-refractivity contribution in [2.75, 3.05) is 26.2 Å². The molecule has 5 heteroatoms. The van der Waals surface area contributed by atoms with Crippen LogP contribution < -0.4 is 0 Å². The molecule has 0 atom stereocenters. The minimum atomic E-state index is 0.156. The first-order valence-corrected chi connectivity index (χ1v) is 10.4. The molecule has 0 spiro atoms. The van der Waals surface area contributed by atoms with Crippen molar-refractivity contribution < 1.29 is 4.79 Å². The van der Waals surface area contributed by atoms with Gasteiger partial charge in [-0.05, 0) is 37.5 Å². The summed E-state index contributed by atoms with van der Waals surface area (Å²) in [7, 11) is 0. The molecule has 4 rings (SSSR count). The van der Waals surface area contributed by atoms with Gasteiger partial charge >= 0.3 is 0 Å². The van der Waals surface area contributed by atoms with Crippen LogP contribution in [-0.2, 0) is 6.54 Å². The third kappa shape index (κ3) is 4.08. The minimum absolute atomic E-state index is 0.156. The van der Waals surface area contributed by atoms with Gasteiger partial charge in [0, 0.05) is 56.1 Å². The number of aromatic nitrogens is 2. The molecule has 2 fully saturated rings. The van der Waals surface area contributed by atoms with Gasteiger partial charge in [-0.3, -0.25) is 14.4 Å². The molecule has 27 heavy (non-hydrogen) atoms. The molecule has 0 N–H and O–H groups in total. The number of carbonyl (C=O) groups is 1. The summed E-state index contributed by atoms with van der Waals surface area (Å²) < 4.78 is 1.91. The fraction of sp³-hybridized carbons (Fsp3) is 0.545. The summed E-state index contributed by atoms with van der Waals surface area (Å²) in [6, 6.07) is 8.71. The van der Waals surface area contributed by atoms with E-state index in [1.165, 1.54) is 32.1 Å². The smallest absolute Gasteiger partial charge is 0.253 e. The molecular weight excluding hydrogens is 336 g/mol. The van der Waals surface area contributed by atoms with Crippen LogP contribution in [0, 0.1) is 0 Å². The Balaban J connectivity index is 1.40. The third-order valence-corrected chi connectivity index (χ3v) is 6.09. The van der Waals surface area contributed by atoms with E-state index in [1.54, 1.807) is 0 Å². The van der Waals surface area contributed by atoms with Gasteiger partial charge < -0.3 is 4.90 Å². The normalized spacial score (nSPS) is 19.4. The van der Waals surface area contributed by atoms with E-state index in [1.807, 2.05) is 40.2 Å². The summed E-state index contributed by atoms with van der Waals surface area (Å²) in [5.41, 5.74) is 2.90. The van der Waals surface area contributed by atoms with Crippen molar-refractivity contribution in [3.05, 3.63) is 42.2 Å². The molecule has 1 aromatic heterocycles. The van der Waals surface area contributed by atoms with Crippen molar-refractivity contribution >= 4 is 5.91 Å². The Morgan fingerprint density at radius 1 is 1.07 bits per heavy atom. The predicted molar refractivity (Wildman–Crippen MR) is 108 cm³/mol. The van der Waals surface area contributed by atoms with E-state index in [-0.39, 0.29) is 5.91 Å². The highest BCUT2D eigenvalue weighted by Crippen LogP contribution is 2.24. The van der Waals surface area contributed by atoms with Crippen LogP contribution in [0.25, 0.3) is 11.1 Å². The van der Waals surface area contributed by atoms with E-state index >= 15 is 0 Å². The second-order valence-electron chi connectivity index (χ2n) is 7.79. The van der Waals surface area contributed by atoms with Gasteiger partial charge in [0.05, 0.1) is 6.20 Å². The summed E-state index contributed by atoms with van der Waals surface area (Å²) in [5, 5.41) is 4.34. The lowest BCUT2D eigenvalue weighted by atomic mass is 9.94. The van der Waals surface area contributed by atoms with Crippen LogP contribution in [0.5, 0.6) is 0 Å². The van der Waals surface area contributed by atoms with Crippen LogP contribution >= 0.6 is 0 Å². The summed E-state index contributed by atoms with van der Waals surface area (Å²) in [4.78, 5) is 17.6. The molecule has 1 saturated carbocycles. The molecule has 0 bridgehead atoms. The molecule has 0 radical (unpaired) electrons. The van der Waals surface area contributed by atoms with Crippen LogP contribution in [0.2, 0.25) is 0 Å². The third-order valence-electron chi connectivity index (χ3n) is 6.09. The summed E-state index contributed by atoms with van der Waals surface area (Å²) >= 11 is 0. The molecule has 1 amide bonds. The number of hydrogen-bond acceptors (Lipinski definition) is 3. The van der Waals surface area contributed by atoms with E-state index in [0.717, 1.165) is 55.5 Å². The lowest BCUT2D eigenvalue weighted by Crippen LogP contribution is -2.52. The monoisotopic (exact) mass is 366 g/mol. The minimum Gasteiger partial charge on any atom is -0.336 e. The highest BCUT2D eigenvalue weighted by Gasteiger charge is 2.27. The Morgan fingerprint density at radius 2 is 1.85 bits per heavy atom. The number of hydrogen-bond donors (Lipinski definition) is 0. The van der Waals surface area contributed by atoms with Crippen LogP contribution in [0.4, 0.5) is 0 Å². The fourth-order valence-corrected chi connectivity index (χ4v) is 4.44. The van der Waals surface area contributed by atoms with Gasteiger partial charge in [0.1, 0.15) is 0 Å². The van der Waals surface area contributed by atoms with Crippen molar-refractivity contribution in [2.24, 2.45) is 0 Å². The second kappa shape index (κ2) is 8.26. The quantitative estimate of drug-likeness (QED) is 0.829. The Bertz CT molecular complexity index is 770. The lowest BCUT2D eigenvalue weighted by molar-refractivity contribution is 0.0523. The molecule has 5 nitrogen and oxygen atoms in total. The Hall–Kier alpha value is -2.14. The van der Waals surface area contributed by atoms with E-state index in [4.69, 9.17) is 0 Å². The maximum Gasteiger partial charge on any atom is 0.253 e. The van der Waals surface area contributed by atoms with E-state index in [0.29, 0.717) is 0 Å². The Morgan fingerprint density at radius 3 is 2.56 bits per heavy atom. The first-order chi connectivity index (χ1) is 13.2. The van der Waals surface area contributed by atoms with Gasteiger partial charge in [-0.25, -0.2) is 0 Å². The number of piperazine rings is 1. The van der Waals surface area contributed by atoms with Crippen LogP contribution in [0.3, 0.4) is 0 Å². The van der Waals surface area contributed by atoms with E-state index in [9.17, 15) is 4.79 Å². The molecule has 144 valence electrons. The maximum absolute atomic E-state index is 13.0. The van der Waals surface area contributed by atoms with Crippen LogP contribution in [0.1, 0.15) is 49.4 Å². The van der Waals surface area contributed by atoms with Gasteiger partial charge in [0.25, 0.3) is 5.91 Å². The van der Waals surface area contributed by atoms with Gasteiger partial charge in [-0.15, -0.1) is 0 Å². The Kier molecular flexibility index (Phi) is 5.58. The van der Waals surface area contributed by atoms with Gasteiger partial charge in [0.2, 0.25) is 0 Å². The molecule has 1 aromatic carbocycles. The van der Waals surface area contributed by atoms with Gasteiger partial charge in [-0.2, -0.15) is 5.10 Å². The zero-order chi connectivity index (χ0) is 18.6. The number of rotatable bonds is 4. The molecule has 1 saturated heterocycles. The summed E-state index contributed by atoms with van der Waals surface area (Å²) in [6.07, 6.45) is 10.7. The number of benzene rings is 1. The van der Waals surface area contributed by atoms with E-state index in [2.05, 4.69) is 23.0 Å². The average Bonchev–Trinajstić information content (AvgIpc) is 3.23. The first-order valence-electron chi connectivity index (χ1n) is 10.4. The van der Waals surface area contributed by atoms with Crippen molar-refractivity contribution in [2.45, 2.75) is 51.6 Å². The molecule has 2 heterocycles. The summed E-state index contributed by atoms with van der Waals surface area (Å²) in [6.45, 7) is 6.63. The number of aryl methyl sites for hydroxylation is 1. The molecule has 1 aliphatic heterocycles. The average molecular weight is 367 g/mol. The zero-order valence-electron chi connectivity index (χ0n) is 16.3. The van der Waals surface area contributed by atoms with E-state index < -0.39 is 0 Å². The van der Waals surface area contributed by atoms with Crippen molar-refractivity contribution in [1.82, 2.24) is 19.6 Å². The number of amides is 1. The van der Waals surface area contributed by atoms with Crippen molar-refractivity contribution in [3.63, 3.8) is 0 Å². The Labute approximate surface area is 162 Å². The van der Waals surface area contributed by atoms with Crippen LogP contribution in [-0.4, -0.2) is 57.7 Å². The molecule has 1 aliphatic carbocycles. The standard InChI is InChI=1S/C22H30N4O/c1-2-26-17-20(16-23-26)18-7-6-8-19(15-18)22(27)25-13-11-24(12-14-25)21-9-4-3-5-10-21/h6-8,15-17,21H,2-5,9-14H2,1H3. The zero-order valence-corrected chi connectivity index (χ0v) is 16.3. The highest BCUT2D eigenvalue weighted by atomic mass is 16.2. The number of nitrogens with zero attached hydrogens (tertiary/aromatic N) is 4. The topological polar surface area (TPSA) is 41.4 Å². The molecule has 2 aromatic rings. The number of carbonyl (C=O) groups excluding carboxylic acids is 1. The van der Waals surface area contributed by atoms with Gasteiger partial charge in [0.15, 0.2) is 0 Å². The lowest BCUT2D eigenvalue weighted by Gasteiger charge is -2.40. The predicted octanol–water partition coefficient (Wildman–Crippen LogP) is 3.66. The van der Waals surface area contributed by atoms with Crippen molar-refractivity contribution in [1.29, 1.82) is 0 Å². The highest BCUT2D eigenvalue weighted by molar-refractivity contribution is 5.95. The first kappa shape index (κ1) is 18.2.